The fourth-order valence-electron chi connectivity index (χ4n) is 8.25. The Bertz CT molecular complexity index is 1660. The normalized spacial score (nSPS) is 13.4. The zero-order valence-electron chi connectivity index (χ0n) is 49.0. The van der Waals surface area contributed by atoms with Crippen LogP contribution in [0, 0.1) is 0 Å². The molecule has 0 amide bonds. The summed E-state index contributed by atoms with van der Waals surface area (Å²) in [5.74, 6) is -0.605. The molecule has 0 aromatic rings. The first-order chi connectivity index (χ1) is 37.6. The van der Waals surface area contributed by atoms with Gasteiger partial charge in [-0.1, -0.05) is 281 Å². The summed E-state index contributed by atoms with van der Waals surface area (Å²) >= 11 is 0. The zero-order chi connectivity index (χ0) is 54.8. The van der Waals surface area contributed by atoms with Crippen molar-refractivity contribution >= 4 is 11.9 Å². The molecular weight excluding hydrogens is 933 g/mol. The van der Waals surface area contributed by atoms with Crippen LogP contribution >= 0.6 is 0 Å². The number of unbranched alkanes of at least 4 members (excludes halogenated alkanes) is 21. The van der Waals surface area contributed by atoms with E-state index in [9.17, 15) is 14.7 Å². The summed E-state index contributed by atoms with van der Waals surface area (Å²) in [6.07, 6.45) is 99.4. The molecule has 0 aliphatic carbocycles. The maximum atomic E-state index is 12.3. The second-order valence-electron chi connectivity index (χ2n) is 20.0. The van der Waals surface area contributed by atoms with Crippen LogP contribution in [0.2, 0.25) is 0 Å². The summed E-state index contributed by atoms with van der Waals surface area (Å²) < 4.78 is 10.7. The lowest BCUT2D eigenvalue weighted by molar-refractivity contribution is -0.161. The van der Waals surface area contributed by atoms with Crippen molar-refractivity contribution < 1.29 is 24.2 Å². The van der Waals surface area contributed by atoms with E-state index in [1.165, 1.54) is 109 Å². The number of ether oxygens (including phenoxy) is 2. The number of esters is 2. The van der Waals surface area contributed by atoms with Crippen molar-refractivity contribution in [2.45, 2.75) is 264 Å². The van der Waals surface area contributed by atoms with Gasteiger partial charge in [0.1, 0.15) is 6.61 Å². The van der Waals surface area contributed by atoms with Gasteiger partial charge in [-0.05, 0) is 122 Å². The van der Waals surface area contributed by atoms with E-state index in [4.69, 9.17) is 9.47 Å². The van der Waals surface area contributed by atoms with Gasteiger partial charge in [0.05, 0.1) is 6.61 Å². The third-order valence-electron chi connectivity index (χ3n) is 12.8. The minimum atomic E-state index is -0.788. The third-order valence-corrected chi connectivity index (χ3v) is 12.8. The second kappa shape index (κ2) is 64.8. The Hall–Kier alpha value is -4.48. The van der Waals surface area contributed by atoms with Crippen molar-refractivity contribution in [1.82, 2.24) is 0 Å². The highest BCUT2D eigenvalue weighted by Crippen LogP contribution is 2.15. The van der Waals surface area contributed by atoms with Crippen molar-refractivity contribution in [3.05, 3.63) is 158 Å². The predicted octanol–water partition coefficient (Wildman–Crippen LogP) is 21.5. The fourth-order valence-corrected chi connectivity index (χ4v) is 8.25. The maximum Gasteiger partial charge on any atom is 0.306 e. The monoisotopic (exact) mass is 1050 g/mol. The van der Waals surface area contributed by atoms with Gasteiger partial charge in [-0.25, -0.2) is 0 Å². The molecule has 428 valence electrons. The van der Waals surface area contributed by atoms with Crippen molar-refractivity contribution in [2.75, 3.05) is 13.2 Å². The molecule has 0 radical (unpaired) electrons. The number of aliphatic hydroxyl groups excluding tert-OH is 1. The van der Waals surface area contributed by atoms with Crippen molar-refractivity contribution in [1.29, 1.82) is 0 Å². The Morgan fingerprint density at radius 1 is 0.303 bits per heavy atom. The minimum Gasteiger partial charge on any atom is -0.462 e. The highest BCUT2D eigenvalue weighted by Gasteiger charge is 2.16. The third kappa shape index (κ3) is 62.1. The molecule has 0 saturated carbocycles. The summed E-state index contributed by atoms with van der Waals surface area (Å²) in [7, 11) is 0. The molecule has 0 rings (SSSR count). The first kappa shape index (κ1) is 71.5. The molecule has 0 aromatic heterocycles. The summed E-state index contributed by atoms with van der Waals surface area (Å²) in [4.78, 5) is 24.6. The van der Waals surface area contributed by atoms with Crippen LogP contribution in [0.1, 0.15) is 258 Å². The molecule has 0 aliphatic rings. The van der Waals surface area contributed by atoms with Gasteiger partial charge in [0.25, 0.3) is 0 Å². The molecule has 0 aromatic carbocycles. The maximum absolute atomic E-state index is 12.3. The van der Waals surface area contributed by atoms with Crippen LogP contribution in [-0.4, -0.2) is 36.4 Å². The zero-order valence-corrected chi connectivity index (χ0v) is 49.0. The summed E-state index contributed by atoms with van der Waals surface area (Å²) in [5, 5.41) is 9.68. The quantitative estimate of drug-likeness (QED) is 0.0373. The summed E-state index contributed by atoms with van der Waals surface area (Å²) in [5.41, 5.74) is 0. The van der Waals surface area contributed by atoms with Crippen LogP contribution in [0.5, 0.6) is 0 Å². The number of hydrogen-bond donors (Lipinski definition) is 1. The molecular formula is C71H114O5. The lowest BCUT2D eigenvalue weighted by Gasteiger charge is -2.15. The van der Waals surface area contributed by atoms with Crippen LogP contribution in [0.15, 0.2) is 158 Å². The first-order valence-corrected chi connectivity index (χ1v) is 31.0. The van der Waals surface area contributed by atoms with E-state index in [0.29, 0.717) is 12.8 Å². The highest BCUT2D eigenvalue weighted by atomic mass is 16.6. The molecule has 5 heteroatoms. The average Bonchev–Trinajstić information content (AvgIpc) is 3.42. The lowest BCUT2D eigenvalue weighted by Crippen LogP contribution is -2.28. The van der Waals surface area contributed by atoms with Crippen LogP contribution < -0.4 is 0 Å². The van der Waals surface area contributed by atoms with Crippen LogP contribution in [0.25, 0.3) is 0 Å². The Kier molecular flexibility index (Phi) is 61.0. The van der Waals surface area contributed by atoms with E-state index in [1.54, 1.807) is 0 Å². The number of hydrogen-bond acceptors (Lipinski definition) is 5. The van der Waals surface area contributed by atoms with Crippen LogP contribution in [0.4, 0.5) is 0 Å². The van der Waals surface area contributed by atoms with E-state index in [2.05, 4.69) is 172 Å². The number of aliphatic hydroxyl groups is 1. The van der Waals surface area contributed by atoms with Gasteiger partial charge in [-0.2, -0.15) is 0 Å². The summed E-state index contributed by atoms with van der Waals surface area (Å²) in [6, 6.07) is 0. The number of rotatable bonds is 55. The molecule has 0 saturated heterocycles. The number of allylic oxidation sites excluding steroid dienone is 26. The van der Waals surface area contributed by atoms with E-state index < -0.39 is 6.10 Å². The number of carbonyl (C=O) groups is 2. The van der Waals surface area contributed by atoms with Gasteiger partial charge in [-0.3, -0.25) is 9.59 Å². The predicted molar refractivity (Wildman–Crippen MR) is 334 cm³/mol. The van der Waals surface area contributed by atoms with Crippen molar-refractivity contribution in [3.63, 3.8) is 0 Å². The van der Waals surface area contributed by atoms with Crippen LogP contribution in [-0.2, 0) is 19.1 Å². The van der Waals surface area contributed by atoms with Gasteiger partial charge in [-0.15, -0.1) is 0 Å². The molecule has 0 heterocycles. The molecule has 5 nitrogen and oxygen atoms in total. The number of carbonyl (C=O) groups excluding carboxylic acids is 2. The Labute approximate surface area is 469 Å². The molecule has 1 atom stereocenters. The van der Waals surface area contributed by atoms with Crippen LogP contribution in [0.3, 0.4) is 0 Å². The summed E-state index contributed by atoms with van der Waals surface area (Å²) in [6.45, 7) is 3.91. The second-order valence-corrected chi connectivity index (χ2v) is 20.0. The minimum absolute atomic E-state index is 0.0781. The molecule has 1 N–H and O–H groups in total. The van der Waals surface area contributed by atoms with Gasteiger partial charge in [0.15, 0.2) is 6.10 Å². The fraction of sp³-hybridized carbons (Fsp3) is 0.606. The molecule has 0 bridgehead atoms. The van der Waals surface area contributed by atoms with E-state index in [1.807, 2.05) is 0 Å². The smallest absolute Gasteiger partial charge is 0.306 e. The van der Waals surface area contributed by atoms with E-state index >= 15 is 0 Å². The standard InChI is InChI=1S/C71H114O5/c1-3-5-7-9-11-13-15-17-19-21-23-25-27-29-30-31-32-33-34-35-36-37-38-39-40-42-44-46-48-50-52-54-56-58-60-62-64-66-71(74)76-69(67-72)68-75-70(73)65-63-61-59-57-55-53-51-49-47-45-43-41-28-26-24-22-20-18-16-14-12-10-8-6-4-2/h5-8,11-14,17-20,23-26,29-30,32-33,35-36,38-39,41,43,69,72H,3-4,9-10,15-16,21-22,27-28,31,34,37,40,42,44-68H2,1-2H3/b7-5-,8-6-,13-11-,14-12-,19-17-,20-18-,25-23-,26-24-,30-29-,33-32-,36-35-,39-38-,43-41-. The molecule has 1 unspecified atom stereocenters. The largest absolute Gasteiger partial charge is 0.462 e. The van der Waals surface area contributed by atoms with Gasteiger partial charge >= 0.3 is 11.9 Å². The van der Waals surface area contributed by atoms with Crippen molar-refractivity contribution in [2.24, 2.45) is 0 Å². The molecule has 0 fully saturated rings. The molecule has 0 spiro atoms. The average molecular weight is 1050 g/mol. The highest BCUT2D eigenvalue weighted by molar-refractivity contribution is 5.70. The Balaban J connectivity index is 3.56. The van der Waals surface area contributed by atoms with Gasteiger partial charge < -0.3 is 14.6 Å². The lowest BCUT2D eigenvalue weighted by atomic mass is 10.0. The first-order valence-electron chi connectivity index (χ1n) is 31.0. The van der Waals surface area contributed by atoms with Crippen molar-refractivity contribution in [3.8, 4) is 0 Å². The van der Waals surface area contributed by atoms with Gasteiger partial charge in [0, 0.05) is 12.8 Å². The topological polar surface area (TPSA) is 72.8 Å². The van der Waals surface area contributed by atoms with E-state index in [-0.39, 0.29) is 25.2 Å². The molecule has 76 heavy (non-hydrogen) atoms. The Morgan fingerprint density at radius 3 is 0.789 bits per heavy atom. The van der Waals surface area contributed by atoms with E-state index in [0.717, 1.165) is 122 Å². The Morgan fingerprint density at radius 2 is 0.526 bits per heavy atom. The SMILES string of the molecule is CC/C=C\C/C=C\C/C=C\C/C=C\C/C=C\C/C=C\C/C=C\C/C=C\CCCCCCCCCCCCCCC(=O)OC(CO)COC(=O)CCCCCCCCCCC/C=C\C/C=C\C/C=C\C/C=C\C/C=C\CC. The van der Waals surface area contributed by atoms with Gasteiger partial charge in [0.2, 0.25) is 0 Å². The molecule has 0 aliphatic heterocycles.